The molecule has 0 aliphatic carbocycles. The molecule has 24 heavy (non-hydrogen) atoms. The molecule has 0 fully saturated rings. The smallest absolute Gasteiger partial charge is 0.330 e. The van der Waals surface area contributed by atoms with Gasteiger partial charge in [-0.1, -0.05) is 70.8 Å². The molecule has 0 heterocycles. The molecule has 0 aromatic heterocycles. The standard InChI is InChI=1S/C19H38O4Si/c1-5-15-24(16-6-2,17-7-3)18-9-10-21-11-12-22-13-14-23-19(20)8-4/h8H,4-7,9-18H2,1-3H3. The van der Waals surface area contributed by atoms with Crippen LogP contribution in [0.1, 0.15) is 46.5 Å². The quantitative estimate of drug-likeness (QED) is 0.162. The van der Waals surface area contributed by atoms with E-state index >= 15 is 0 Å². The van der Waals surface area contributed by atoms with E-state index in [-0.39, 0.29) is 6.61 Å². The number of carbonyl (C=O) groups excluding carboxylic acids is 1. The molecule has 0 unspecified atom stereocenters. The molecule has 0 aliphatic rings. The highest BCUT2D eigenvalue weighted by molar-refractivity contribution is 6.79. The lowest BCUT2D eigenvalue weighted by Gasteiger charge is -2.31. The molecule has 0 saturated carbocycles. The summed E-state index contributed by atoms with van der Waals surface area (Å²) >= 11 is 0. The van der Waals surface area contributed by atoms with Gasteiger partial charge in [-0.2, -0.15) is 0 Å². The molecular formula is C19H38O4Si. The van der Waals surface area contributed by atoms with Crippen LogP contribution in [0.3, 0.4) is 0 Å². The van der Waals surface area contributed by atoms with E-state index < -0.39 is 14.0 Å². The van der Waals surface area contributed by atoms with Crippen LogP contribution in [0.2, 0.25) is 24.2 Å². The van der Waals surface area contributed by atoms with E-state index in [2.05, 4.69) is 27.4 Å². The maximum absolute atomic E-state index is 10.8. The lowest BCUT2D eigenvalue weighted by atomic mass is 10.5. The van der Waals surface area contributed by atoms with Gasteiger partial charge in [0.1, 0.15) is 6.61 Å². The van der Waals surface area contributed by atoms with Crippen LogP contribution in [0.4, 0.5) is 0 Å². The van der Waals surface area contributed by atoms with Crippen molar-refractivity contribution in [2.45, 2.75) is 70.6 Å². The van der Waals surface area contributed by atoms with E-state index in [1.54, 1.807) is 0 Å². The number of hydrogen-bond acceptors (Lipinski definition) is 4. The van der Waals surface area contributed by atoms with Crippen molar-refractivity contribution < 1.29 is 19.0 Å². The van der Waals surface area contributed by atoms with E-state index in [0.29, 0.717) is 19.8 Å². The van der Waals surface area contributed by atoms with E-state index in [4.69, 9.17) is 14.2 Å². The van der Waals surface area contributed by atoms with Crippen LogP contribution in [0.15, 0.2) is 12.7 Å². The highest BCUT2D eigenvalue weighted by atomic mass is 28.3. The third-order valence-corrected chi connectivity index (χ3v) is 10.4. The van der Waals surface area contributed by atoms with Crippen LogP contribution in [-0.4, -0.2) is 47.1 Å². The van der Waals surface area contributed by atoms with Crippen molar-refractivity contribution in [1.29, 1.82) is 0 Å². The summed E-state index contributed by atoms with van der Waals surface area (Å²) in [5.41, 5.74) is 0. The SMILES string of the molecule is C=CC(=O)OCCOCCOCCC[Si](CCC)(CCC)CCC. The number of rotatable bonds is 17. The topological polar surface area (TPSA) is 44.8 Å². The summed E-state index contributed by atoms with van der Waals surface area (Å²) < 4.78 is 15.9. The zero-order chi connectivity index (χ0) is 18.1. The molecular weight excluding hydrogens is 320 g/mol. The zero-order valence-electron chi connectivity index (χ0n) is 16.1. The predicted molar refractivity (Wildman–Crippen MR) is 103 cm³/mol. The molecule has 142 valence electrons. The van der Waals surface area contributed by atoms with Crippen molar-refractivity contribution in [1.82, 2.24) is 0 Å². The fourth-order valence-corrected chi connectivity index (χ4v) is 9.05. The Morgan fingerprint density at radius 2 is 1.33 bits per heavy atom. The predicted octanol–water partition coefficient (Wildman–Crippen LogP) is 4.82. The second-order valence-corrected chi connectivity index (χ2v) is 11.4. The fraction of sp³-hybridized carbons (Fsp3) is 0.842. The molecule has 0 radical (unpaired) electrons. The van der Waals surface area contributed by atoms with Crippen LogP contribution >= 0.6 is 0 Å². The Hall–Kier alpha value is -0.653. The largest absolute Gasteiger partial charge is 0.460 e. The van der Waals surface area contributed by atoms with Crippen molar-refractivity contribution in [2.75, 3.05) is 33.0 Å². The first kappa shape index (κ1) is 23.3. The molecule has 4 nitrogen and oxygen atoms in total. The highest BCUT2D eigenvalue weighted by Crippen LogP contribution is 2.31. The minimum Gasteiger partial charge on any atom is -0.460 e. The summed E-state index contributed by atoms with van der Waals surface area (Å²) in [7, 11) is -1.06. The maximum Gasteiger partial charge on any atom is 0.330 e. The third-order valence-electron chi connectivity index (χ3n) is 4.35. The molecule has 0 N–H and O–H groups in total. The Morgan fingerprint density at radius 1 is 0.833 bits per heavy atom. The van der Waals surface area contributed by atoms with Gasteiger partial charge in [-0.15, -0.1) is 0 Å². The summed E-state index contributed by atoms with van der Waals surface area (Å²) in [5, 5.41) is 0. The fourth-order valence-electron chi connectivity index (χ4n) is 3.47. The molecule has 0 atom stereocenters. The van der Waals surface area contributed by atoms with Gasteiger partial charge in [-0.25, -0.2) is 4.79 Å². The molecule has 0 aliphatic heterocycles. The van der Waals surface area contributed by atoms with Crippen LogP contribution in [0, 0.1) is 0 Å². The molecule has 0 spiro atoms. The van der Waals surface area contributed by atoms with Crippen molar-refractivity contribution in [3.05, 3.63) is 12.7 Å². The molecule has 0 rings (SSSR count). The van der Waals surface area contributed by atoms with Gasteiger partial charge in [0.25, 0.3) is 0 Å². The summed E-state index contributed by atoms with van der Waals surface area (Å²) in [6.07, 6.45) is 6.33. The van der Waals surface area contributed by atoms with Gasteiger partial charge in [0.2, 0.25) is 0 Å². The van der Waals surface area contributed by atoms with Crippen LogP contribution < -0.4 is 0 Å². The third kappa shape index (κ3) is 11.8. The van der Waals surface area contributed by atoms with Crippen LogP contribution in [-0.2, 0) is 19.0 Å². The normalized spacial score (nSPS) is 11.5. The Labute approximate surface area is 150 Å². The molecule has 0 bridgehead atoms. The minimum atomic E-state index is -1.06. The first-order chi connectivity index (χ1) is 11.6. The second-order valence-electron chi connectivity index (χ2n) is 6.45. The molecule has 5 heteroatoms. The molecule has 0 amide bonds. The van der Waals surface area contributed by atoms with Gasteiger partial charge < -0.3 is 14.2 Å². The number of carbonyl (C=O) groups is 1. The van der Waals surface area contributed by atoms with E-state index in [9.17, 15) is 4.79 Å². The monoisotopic (exact) mass is 358 g/mol. The van der Waals surface area contributed by atoms with E-state index in [1.807, 2.05) is 0 Å². The number of hydrogen-bond donors (Lipinski definition) is 0. The van der Waals surface area contributed by atoms with Gasteiger partial charge in [-0.3, -0.25) is 0 Å². The highest BCUT2D eigenvalue weighted by Gasteiger charge is 2.29. The first-order valence-corrected chi connectivity index (χ1v) is 12.4. The Morgan fingerprint density at radius 3 is 1.83 bits per heavy atom. The Balaban J connectivity index is 3.70. The molecule has 0 saturated heterocycles. The number of ether oxygens (including phenoxy) is 3. The minimum absolute atomic E-state index is 0.268. The average molecular weight is 359 g/mol. The molecule has 0 aromatic carbocycles. The van der Waals surface area contributed by atoms with Crippen molar-refractivity contribution in [3.8, 4) is 0 Å². The lowest BCUT2D eigenvalue weighted by molar-refractivity contribution is -0.139. The van der Waals surface area contributed by atoms with Gasteiger partial charge in [-0.05, 0) is 6.42 Å². The van der Waals surface area contributed by atoms with Gasteiger partial charge in [0, 0.05) is 12.7 Å². The van der Waals surface area contributed by atoms with E-state index in [0.717, 1.165) is 12.7 Å². The Bertz CT molecular complexity index is 303. The summed E-state index contributed by atoms with van der Waals surface area (Å²) in [6.45, 7) is 13.0. The van der Waals surface area contributed by atoms with Crippen molar-refractivity contribution in [3.63, 3.8) is 0 Å². The van der Waals surface area contributed by atoms with Gasteiger partial charge >= 0.3 is 5.97 Å². The van der Waals surface area contributed by atoms with Gasteiger partial charge in [0.05, 0.1) is 27.9 Å². The average Bonchev–Trinajstić information content (AvgIpc) is 2.57. The van der Waals surface area contributed by atoms with Crippen molar-refractivity contribution in [2.24, 2.45) is 0 Å². The first-order valence-electron chi connectivity index (χ1n) is 9.58. The second kappa shape index (κ2) is 15.9. The lowest BCUT2D eigenvalue weighted by Crippen LogP contribution is -2.33. The van der Waals surface area contributed by atoms with E-state index in [1.165, 1.54) is 49.9 Å². The van der Waals surface area contributed by atoms with Crippen LogP contribution in [0.5, 0.6) is 0 Å². The summed E-state index contributed by atoms with van der Waals surface area (Å²) in [5.74, 6) is -0.409. The Kier molecular flexibility index (Phi) is 15.4. The maximum atomic E-state index is 10.8. The zero-order valence-corrected chi connectivity index (χ0v) is 17.1. The van der Waals surface area contributed by atoms with Crippen molar-refractivity contribution >= 4 is 14.0 Å². The molecule has 0 aromatic rings. The van der Waals surface area contributed by atoms with Crippen LogP contribution in [0.25, 0.3) is 0 Å². The summed E-state index contributed by atoms with van der Waals surface area (Å²) in [4.78, 5) is 10.8. The van der Waals surface area contributed by atoms with Gasteiger partial charge in [0.15, 0.2) is 0 Å². The summed E-state index contributed by atoms with van der Waals surface area (Å²) in [6, 6.07) is 5.82. The number of esters is 1.